The van der Waals surface area contributed by atoms with Crippen molar-refractivity contribution < 1.29 is 0 Å². The lowest BCUT2D eigenvalue weighted by Crippen LogP contribution is -1.87. The molecule has 0 heterocycles. The minimum atomic E-state index is 1.28. The Morgan fingerprint density at radius 3 is 2.54 bits per heavy atom. The van der Waals surface area contributed by atoms with Gasteiger partial charge >= 0.3 is 0 Å². The first-order valence-corrected chi connectivity index (χ1v) is 5.47. The average Bonchev–Trinajstić information content (AvgIpc) is 2.43. The van der Waals surface area contributed by atoms with Crippen LogP contribution in [0.4, 0.5) is 0 Å². The zero-order valence-corrected chi connectivity index (χ0v) is 9.19. The van der Waals surface area contributed by atoms with Crippen LogP contribution >= 0.6 is 0 Å². The summed E-state index contributed by atoms with van der Waals surface area (Å²) in [6, 6.07) is 0. The van der Waals surface area contributed by atoms with Crippen molar-refractivity contribution in [2.75, 3.05) is 0 Å². The van der Waals surface area contributed by atoms with Crippen LogP contribution in [0.15, 0.2) is 23.3 Å². The molecule has 72 valence electrons. The standard InChI is InChI=1S/C13H21/c1-4-5-6-7-8-13-10-9-11(2)12(13)3/h9-10H,4-8H2,1-3H3/q+1. The van der Waals surface area contributed by atoms with Crippen molar-refractivity contribution in [1.82, 2.24) is 0 Å². The second-order valence-electron chi connectivity index (χ2n) is 3.98. The molecule has 0 nitrogen and oxygen atoms in total. The lowest BCUT2D eigenvalue weighted by molar-refractivity contribution is 0.667. The Hall–Kier alpha value is -0.650. The van der Waals surface area contributed by atoms with Gasteiger partial charge in [-0.15, -0.1) is 0 Å². The third-order valence-corrected chi connectivity index (χ3v) is 2.91. The van der Waals surface area contributed by atoms with Crippen LogP contribution in [-0.4, -0.2) is 0 Å². The van der Waals surface area contributed by atoms with Gasteiger partial charge in [0.1, 0.15) is 0 Å². The van der Waals surface area contributed by atoms with Gasteiger partial charge < -0.3 is 0 Å². The second kappa shape index (κ2) is 5.16. The van der Waals surface area contributed by atoms with E-state index in [1.807, 2.05) is 0 Å². The minimum absolute atomic E-state index is 1.28. The summed E-state index contributed by atoms with van der Waals surface area (Å²) in [5.41, 5.74) is 3.07. The van der Waals surface area contributed by atoms with Crippen LogP contribution in [-0.2, 0) is 0 Å². The fourth-order valence-corrected chi connectivity index (χ4v) is 1.74. The highest BCUT2D eigenvalue weighted by Crippen LogP contribution is 2.29. The van der Waals surface area contributed by atoms with Crippen molar-refractivity contribution in [2.45, 2.75) is 52.9 Å². The monoisotopic (exact) mass is 177 g/mol. The Morgan fingerprint density at radius 1 is 1.23 bits per heavy atom. The van der Waals surface area contributed by atoms with E-state index < -0.39 is 0 Å². The maximum Gasteiger partial charge on any atom is 0.0963 e. The number of hydrogen-bond donors (Lipinski definition) is 0. The highest BCUT2D eigenvalue weighted by molar-refractivity contribution is 5.46. The van der Waals surface area contributed by atoms with Crippen molar-refractivity contribution in [3.63, 3.8) is 0 Å². The van der Waals surface area contributed by atoms with Gasteiger partial charge in [-0.05, 0) is 13.3 Å². The molecule has 0 aromatic heterocycles. The molecule has 0 saturated carbocycles. The molecule has 1 aliphatic rings. The SMILES string of the molecule is CCCCCCC1=C(C)[C+](C)C=C1. The molecular weight excluding hydrogens is 156 g/mol. The van der Waals surface area contributed by atoms with E-state index in [9.17, 15) is 0 Å². The van der Waals surface area contributed by atoms with Gasteiger partial charge in [-0.3, -0.25) is 0 Å². The van der Waals surface area contributed by atoms with Crippen molar-refractivity contribution in [1.29, 1.82) is 0 Å². The lowest BCUT2D eigenvalue weighted by atomic mass is 10.0. The summed E-state index contributed by atoms with van der Waals surface area (Å²) in [6.45, 7) is 6.70. The van der Waals surface area contributed by atoms with Crippen LogP contribution in [0.1, 0.15) is 52.9 Å². The molecular formula is C13H21+. The first-order valence-electron chi connectivity index (χ1n) is 5.47. The molecule has 0 unspecified atom stereocenters. The molecule has 0 amide bonds. The summed E-state index contributed by atoms with van der Waals surface area (Å²) >= 11 is 0. The fourth-order valence-electron chi connectivity index (χ4n) is 1.74. The van der Waals surface area contributed by atoms with Crippen LogP contribution in [0.25, 0.3) is 0 Å². The zero-order valence-electron chi connectivity index (χ0n) is 9.19. The Balaban J connectivity index is 2.25. The maximum absolute atomic E-state index is 2.29. The topological polar surface area (TPSA) is 0 Å². The number of allylic oxidation sites excluding steroid dienone is 4. The van der Waals surface area contributed by atoms with Gasteiger partial charge in [0.05, 0.1) is 29.2 Å². The lowest BCUT2D eigenvalue weighted by Gasteiger charge is -1.97. The summed E-state index contributed by atoms with van der Waals surface area (Å²) in [7, 11) is 0. The van der Waals surface area contributed by atoms with E-state index in [2.05, 4.69) is 32.9 Å². The van der Waals surface area contributed by atoms with Gasteiger partial charge in [-0.2, -0.15) is 0 Å². The van der Waals surface area contributed by atoms with Gasteiger partial charge in [0.25, 0.3) is 0 Å². The molecule has 0 radical (unpaired) electrons. The number of unbranched alkanes of at least 4 members (excludes halogenated alkanes) is 3. The number of hydrogen-bond acceptors (Lipinski definition) is 0. The predicted molar refractivity (Wildman–Crippen MR) is 59.5 cm³/mol. The first-order chi connectivity index (χ1) is 6.25. The molecule has 0 spiro atoms. The normalized spacial score (nSPS) is 16.1. The molecule has 0 aliphatic heterocycles. The summed E-state index contributed by atoms with van der Waals surface area (Å²) in [5, 5.41) is 0. The van der Waals surface area contributed by atoms with Gasteiger partial charge in [0, 0.05) is 13.3 Å². The fraction of sp³-hybridized carbons (Fsp3) is 0.615. The quantitative estimate of drug-likeness (QED) is 0.430. The van der Waals surface area contributed by atoms with Crippen molar-refractivity contribution in [3.8, 4) is 0 Å². The van der Waals surface area contributed by atoms with E-state index in [1.165, 1.54) is 43.6 Å². The first kappa shape index (κ1) is 10.4. The summed E-state index contributed by atoms with van der Waals surface area (Å²) in [5.74, 6) is 1.45. The summed E-state index contributed by atoms with van der Waals surface area (Å²) in [6.07, 6.45) is 11.3. The van der Waals surface area contributed by atoms with Crippen LogP contribution in [0.5, 0.6) is 0 Å². The van der Waals surface area contributed by atoms with E-state index in [1.54, 1.807) is 5.57 Å². The average molecular weight is 177 g/mol. The van der Waals surface area contributed by atoms with Crippen LogP contribution in [0, 0.1) is 5.92 Å². The molecule has 0 fully saturated rings. The largest absolute Gasteiger partial charge is 0.0963 e. The smallest absolute Gasteiger partial charge is 0.0654 e. The summed E-state index contributed by atoms with van der Waals surface area (Å²) in [4.78, 5) is 0. The van der Waals surface area contributed by atoms with Gasteiger partial charge in [-0.25, -0.2) is 0 Å². The van der Waals surface area contributed by atoms with E-state index in [0.717, 1.165) is 0 Å². The molecule has 0 atom stereocenters. The molecule has 0 bridgehead atoms. The van der Waals surface area contributed by atoms with Gasteiger partial charge in [0.15, 0.2) is 0 Å². The molecule has 0 aromatic carbocycles. The van der Waals surface area contributed by atoms with Crippen LogP contribution < -0.4 is 0 Å². The third kappa shape index (κ3) is 2.95. The molecule has 1 rings (SSSR count). The Kier molecular flexibility index (Phi) is 4.14. The summed E-state index contributed by atoms with van der Waals surface area (Å²) < 4.78 is 0. The minimum Gasteiger partial charge on any atom is -0.0654 e. The van der Waals surface area contributed by atoms with Crippen LogP contribution in [0.3, 0.4) is 0 Å². The van der Waals surface area contributed by atoms with E-state index >= 15 is 0 Å². The van der Waals surface area contributed by atoms with E-state index in [4.69, 9.17) is 0 Å². The highest BCUT2D eigenvalue weighted by Gasteiger charge is 2.21. The molecule has 0 N–H and O–H groups in total. The van der Waals surface area contributed by atoms with Gasteiger partial charge in [-0.1, -0.05) is 26.2 Å². The molecule has 13 heavy (non-hydrogen) atoms. The molecule has 0 saturated heterocycles. The Morgan fingerprint density at radius 2 is 2.00 bits per heavy atom. The van der Waals surface area contributed by atoms with Crippen molar-refractivity contribution >= 4 is 0 Å². The molecule has 1 aliphatic carbocycles. The van der Waals surface area contributed by atoms with E-state index in [0.29, 0.717) is 0 Å². The second-order valence-corrected chi connectivity index (χ2v) is 3.98. The molecule has 0 aromatic rings. The van der Waals surface area contributed by atoms with Crippen molar-refractivity contribution in [3.05, 3.63) is 29.2 Å². The zero-order chi connectivity index (χ0) is 9.68. The Labute approximate surface area is 82.7 Å². The predicted octanol–water partition coefficient (Wildman–Crippen LogP) is 4.44. The van der Waals surface area contributed by atoms with Crippen molar-refractivity contribution in [2.24, 2.45) is 0 Å². The third-order valence-electron chi connectivity index (χ3n) is 2.91. The molecule has 0 heteroatoms. The number of rotatable bonds is 5. The van der Waals surface area contributed by atoms with E-state index in [-0.39, 0.29) is 0 Å². The van der Waals surface area contributed by atoms with Crippen LogP contribution in [0.2, 0.25) is 0 Å². The Bertz CT molecular complexity index is 208. The van der Waals surface area contributed by atoms with Gasteiger partial charge in [0.2, 0.25) is 0 Å². The highest BCUT2D eigenvalue weighted by atomic mass is 14.2. The maximum atomic E-state index is 2.29.